The van der Waals surface area contributed by atoms with Gasteiger partial charge in [0.05, 0.1) is 0 Å². The average Bonchev–Trinajstić information content (AvgIpc) is 2.54. The van der Waals surface area contributed by atoms with Crippen LogP contribution in [0.4, 0.5) is 0 Å². The highest BCUT2D eigenvalue weighted by Gasteiger charge is 2.32. The third kappa shape index (κ3) is 3.79. The van der Waals surface area contributed by atoms with Gasteiger partial charge in [0, 0.05) is 12.1 Å². The fourth-order valence-corrected chi connectivity index (χ4v) is 3.14. The van der Waals surface area contributed by atoms with E-state index in [2.05, 4.69) is 65.3 Å². The number of hydrogen-bond acceptors (Lipinski definition) is 3. The molecule has 94 valence electrons. The highest BCUT2D eigenvalue weighted by Crippen LogP contribution is 2.26. The van der Waals surface area contributed by atoms with E-state index in [1.165, 1.54) is 25.7 Å². The third-order valence-electron chi connectivity index (χ3n) is 2.82. The summed E-state index contributed by atoms with van der Waals surface area (Å²) >= 11 is 2.47. The van der Waals surface area contributed by atoms with Gasteiger partial charge in [-0.3, -0.25) is 5.01 Å². The standard InChI is InChI=1S/C12H24IN3/c1-5-6-7-8-9-16-11(13)15(10-14-16)12(2,3)4/h10-11H,5-9H2,1-4H3. The molecule has 0 N–H and O–H groups in total. The maximum absolute atomic E-state index is 4.49. The highest BCUT2D eigenvalue weighted by molar-refractivity contribution is 14.1. The lowest BCUT2D eigenvalue weighted by Gasteiger charge is -2.36. The van der Waals surface area contributed by atoms with Crippen molar-refractivity contribution in [2.45, 2.75) is 63.1 Å². The minimum Gasteiger partial charge on any atom is -0.326 e. The molecule has 0 saturated heterocycles. The van der Waals surface area contributed by atoms with Crippen molar-refractivity contribution in [3.8, 4) is 0 Å². The van der Waals surface area contributed by atoms with Gasteiger partial charge in [0.25, 0.3) is 0 Å². The number of hydrazone groups is 1. The Morgan fingerprint density at radius 1 is 1.25 bits per heavy atom. The lowest BCUT2D eigenvalue weighted by atomic mass is 10.1. The van der Waals surface area contributed by atoms with Crippen LogP contribution in [0.1, 0.15) is 53.4 Å². The molecule has 0 fully saturated rings. The summed E-state index contributed by atoms with van der Waals surface area (Å²) in [4.78, 5) is 2.31. The predicted molar refractivity (Wildman–Crippen MR) is 78.7 cm³/mol. The van der Waals surface area contributed by atoms with Crippen molar-refractivity contribution in [2.75, 3.05) is 6.54 Å². The van der Waals surface area contributed by atoms with Crippen molar-refractivity contribution in [2.24, 2.45) is 5.10 Å². The number of halogens is 1. The molecule has 0 aromatic heterocycles. The number of unbranched alkanes of at least 4 members (excludes halogenated alkanes) is 3. The normalized spacial score (nSPS) is 20.9. The summed E-state index contributed by atoms with van der Waals surface area (Å²) in [6, 6.07) is 0. The van der Waals surface area contributed by atoms with Gasteiger partial charge in [0.1, 0.15) is 6.34 Å². The highest BCUT2D eigenvalue weighted by atomic mass is 127. The molecule has 0 aromatic carbocycles. The second-order valence-corrected chi connectivity index (χ2v) is 6.46. The Hall–Kier alpha value is 0. The van der Waals surface area contributed by atoms with Crippen LogP contribution in [0.3, 0.4) is 0 Å². The van der Waals surface area contributed by atoms with E-state index < -0.39 is 0 Å². The second-order valence-electron chi connectivity index (χ2n) is 5.34. The molecule has 0 spiro atoms. The van der Waals surface area contributed by atoms with Crippen LogP contribution in [0.25, 0.3) is 0 Å². The van der Waals surface area contributed by atoms with Crippen molar-refractivity contribution in [1.29, 1.82) is 0 Å². The number of rotatable bonds is 5. The fraction of sp³-hybridized carbons (Fsp3) is 0.917. The van der Waals surface area contributed by atoms with E-state index in [4.69, 9.17) is 0 Å². The first kappa shape index (κ1) is 14.1. The lowest BCUT2D eigenvalue weighted by Crippen LogP contribution is -2.46. The van der Waals surface area contributed by atoms with Crippen LogP contribution < -0.4 is 0 Å². The molecule has 3 nitrogen and oxygen atoms in total. The van der Waals surface area contributed by atoms with Crippen molar-refractivity contribution < 1.29 is 0 Å². The fourth-order valence-electron chi connectivity index (χ4n) is 1.73. The van der Waals surface area contributed by atoms with Gasteiger partial charge in [0.15, 0.2) is 4.17 Å². The van der Waals surface area contributed by atoms with Gasteiger partial charge >= 0.3 is 0 Å². The van der Waals surface area contributed by atoms with Crippen LogP contribution in [-0.2, 0) is 0 Å². The minimum absolute atomic E-state index is 0.160. The molecular weight excluding hydrogens is 313 g/mol. The smallest absolute Gasteiger partial charge is 0.171 e. The summed E-state index contributed by atoms with van der Waals surface area (Å²) in [6.45, 7) is 10.0. The van der Waals surface area contributed by atoms with Gasteiger partial charge in [0.2, 0.25) is 0 Å². The second kappa shape index (κ2) is 6.07. The van der Waals surface area contributed by atoms with E-state index in [0.29, 0.717) is 4.17 Å². The molecule has 0 saturated carbocycles. The van der Waals surface area contributed by atoms with Gasteiger partial charge in [-0.05, 0) is 49.8 Å². The first-order valence-electron chi connectivity index (χ1n) is 6.20. The Kier molecular flexibility index (Phi) is 5.34. The molecule has 1 aliphatic heterocycles. The zero-order valence-electron chi connectivity index (χ0n) is 10.9. The largest absolute Gasteiger partial charge is 0.326 e. The molecule has 1 unspecified atom stereocenters. The van der Waals surface area contributed by atoms with E-state index in [0.717, 1.165) is 6.54 Å². The van der Waals surface area contributed by atoms with Crippen molar-refractivity contribution in [3.63, 3.8) is 0 Å². The number of hydrogen-bond donors (Lipinski definition) is 0. The van der Waals surface area contributed by atoms with E-state index in [-0.39, 0.29) is 5.54 Å². The SMILES string of the molecule is CCCCCCN1N=CN(C(C)(C)C)C1I. The summed E-state index contributed by atoms with van der Waals surface area (Å²) in [5.41, 5.74) is 0.160. The van der Waals surface area contributed by atoms with E-state index in [1.807, 2.05) is 6.34 Å². The van der Waals surface area contributed by atoms with E-state index in [1.54, 1.807) is 0 Å². The lowest BCUT2D eigenvalue weighted by molar-refractivity contribution is 0.148. The van der Waals surface area contributed by atoms with Crippen molar-refractivity contribution >= 4 is 28.9 Å². The molecule has 16 heavy (non-hydrogen) atoms. The zero-order chi connectivity index (χ0) is 12.2. The number of alkyl halides is 1. The summed E-state index contributed by atoms with van der Waals surface area (Å²) in [5, 5.41) is 6.68. The van der Waals surface area contributed by atoms with E-state index in [9.17, 15) is 0 Å². The molecule has 1 atom stereocenters. The molecule has 0 amide bonds. The van der Waals surface area contributed by atoms with Gasteiger partial charge in [-0.2, -0.15) is 5.10 Å². The van der Waals surface area contributed by atoms with Gasteiger partial charge in [-0.15, -0.1) is 0 Å². The Morgan fingerprint density at radius 2 is 1.94 bits per heavy atom. The molecule has 4 heteroatoms. The average molecular weight is 337 g/mol. The Labute approximate surface area is 113 Å². The Balaban J connectivity index is 2.34. The summed E-state index contributed by atoms with van der Waals surface area (Å²) in [7, 11) is 0. The third-order valence-corrected chi connectivity index (χ3v) is 4.06. The Morgan fingerprint density at radius 3 is 2.44 bits per heavy atom. The van der Waals surface area contributed by atoms with Gasteiger partial charge in [-0.1, -0.05) is 26.2 Å². The van der Waals surface area contributed by atoms with Crippen LogP contribution in [0.15, 0.2) is 5.10 Å². The molecule has 0 radical (unpaired) electrons. The first-order chi connectivity index (χ1) is 7.46. The summed E-state index contributed by atoms with van der Waals surface area (Å²) < 4.78 is 0.374. The van der Waals surface area contributed by atoms with E-state index >= 15 is 0 Å². The quantitative estimate of drug-likeness (QED) is 0.330. The topological polar surface area (TPSA) is 18.8 Å². The maximum Gasteiger partial charge on any atom is 0.171 e. The van der Waals surface area contributed by atoms with Gasteiger partial charge in [-0.25, -0.2) is 0 Å². The molecule has 1 heterocycles. The maximum atomic E-state index is 4.49. The molecule has 0 aromatic rings. The van der Waals surface area contributed by atoms with Crippen LogP contribution in [0.5, 0.6) is 0 Å². The van der Waals surface area contributed by atoms with Crippen LogP contribution in [-0.4, -0.2) is 32.5 Å². The van der Waals surface area contributed by atoms with Crippen LogP contribution in [0.2, 0.25) is 0 Å². The zero-order valence-corrected chi connectivity index (χ0v) is 13.1. The monoisotopic (exact) mass is 337 g/mol. The van der Waals surface area contributed by atoms with Gasteiger partial charge < -0.3 is 4.90 Å². The molecule has 1 aliphatic rings. The molecule has 1 rings (SSSR count). The molecule has 0 bridgehead atoms. The van der Waals surface area contributed by atoms with Crippen molar-refractivity contribution in [1.82, 2.24) is 9.91 Å². The summed E-state index contributed by atoms with van der Waals surface area (Å²) in [6.07, 6.45) is 7.19. The molecular formula is C12H24IN3. The van der Waals surface area contributed by atoms with Crippen LogP contribution >= 0.6 is 22.6 Å². The first-order valence-corrected chi connectivity index (χ1v) is 7.44. The van der Waals surface area contributed by atoms with Crippen LogP contribution in [0, 0.1) is 0 Å². The van der Waals surface area contributed by atoms with Crippen molar-refractivity contribution in [3.05, 3.63) is 0 Å². The summed E-state index contributed by atoms with van der Waals surface area (Å²) in [5.74, 6) is 0. The minimum atomic E-state index is 0.160. The number of nitrogens with zero attached hydrogens (tertiary/aromatic N) is 3. The Bertz CT molecular complexity index is 235. The molecule has 0 aliphatic carbocycles. The predicted octanol–water partition coefficient (Wildman–Crippen LogP) is 3.64.